The van der Waals surface area contributed by atoms with E-state index in [1.165, 1.54) is 25.3 Å². The summed E-state index contributed by atoms with van der Waals surface area (Å²) in [6, 6.07) is 0. The van der Waals surface area contributed by atoms with Crippen LogP contribution < -0.4 is 0 Å². The SMILES string of the molecule is CC(C)CCC1(C2CCCCC2)CC(O)=CC(=O)O1. The minimum Gasteiger partial charge on any atom is -0.512 e. The van der Waals surface area contributed by atoms with Crippen LogP contribution >= 0.6 is 0 Å². The molecule has 1 heterocycles. The monoisotopic (exact) mass is 266 g/mol. The van der Waals surface area contributed by atoms with Crippen LogP contribution in [-0.2, 0) is 9.53 Å². The first-order valence-corrected chi connectivity index (χ1v) is 7.64. The van der Waals surface area contributed by atoms with Gasteiger partial charge in [0.15, 0.2) is 0 Å². The Morgan fingerprint density at radius 2 is 2.05 bits per heavy atom. The fourth-order valence-electron chi connectivity index (χ4n) is 3.49. The number of esters is 1. The summed E-state index contributed by atoms with van der Waals surface area (Å²) in [7, 11) is 0. The zero-order valence-electron chi connectivity index (χ0n) is 12.2. The smallest absolute Gasteiger partial charge is 0.334 e. The molecule has 0 aromatic carbocycles. The normalized spacial score (nSPS) is 29.2. The van der Waals surface area contributed by atoms with Gasteiger partial charge in [-0.2, -0.15) is 0 Å². The van der Waals surface area contributed by atoms with E-state index in [-0.39, 0.29) is 11.7 Å². The van der Waals surface area contributed by atoms with Crippen LogP contribution in [0.15, 0.2) is 11.8 Å². The molecule has 0 saturated heterocycles. The molecule has 1 fully saturated rings. The van der Waals surface area contributed by atoms with Gasteiger partial charge in [0.25, 0.3) is 0 Å². The van der Waals surface area contributed by atoms with Gasteiger partial charge in [-0.1, -0.05) is 33.1 Å². The van der Waals surface area contributed by atoms with E-state index in [1.807, 2.05) is 0 Å². The molecule has 0 aromatic heterocycles. The summed E-state index contributed by atoms with van der Waals surface area (Å²) in [5, 5.41) is 9.87. The average molecular weight is 266 g/mol. The fraction of sp³-hybridized carbons (Fsp3) is 0.812. The lowest BCUT2D eigenvalue weighted by molar-refractivity contribution is -0.168. The highest BCUT2D eigenvalue weighted by atomic mass is 16.6. The third-order valence-corrected chi connectivity index (χ3v) is 4.56. The van der Waals surface area contributed by atoms with Crippen LogP contribution in [0.1, 0.15) is 65.2 Å². The number of carbonyl (C=O) groups is 1. The molecule has 108 valence electrons. The maximum absolute atomic E-state index is 11.7. The van der Waals surface area contributed by atoms with Crippen molar-refractivity contribution in [1.82, 2.24) is 0 Å². The number of hydrogen-bond acceptors (Lipinski definition) is 3. The standard InChI is InChI=1S/C16H26O3/c1-12(2)8-9-16(13-6-4-3-5-7-13)11-14(17)10-15(18)19-16/h10,12-13,17H,3-9,11H2,1-2H3. The summed E-state index contributed by atoms with van der Waals surface area (Å²) >= 11 is 0. The third kappa shape index (κ3) is 3.52. The molecule has 2 rings (SSSR count). The Kier molecular flexibility index (Phi) is 4.54. The molecule has 0 amide bonds. The number of aliphatic hydroxyl groups excluding tert-OH is 1. The van der Waals surface area contributed by atoms with E-state index in [4.69, 9.17) is 4.74 Å². The van der Waals surface area contributed by atoms with Crippen molar-refractivity contribution in [3.05, 3.63) is 11.8 Å². The van der Waals surface area contributed by atoms with Crippen LogP contribution in [0.3, 0.4) is 0 Å². The van der Waals surface area contributed by atoms with Crippen LogP contribution in [0, 0.1) is 11.8 Å². The Morgan fingerprint density at radius 3 is 2.63 bits per heavy atom. The molecular formula is C16H26O3. The van der Waals surface area contributed by atoms with Crippen molar-refractivity contribution in [1.29, 1.82) is 0 Å². The summed E-state index contributed by atoms with van der Waals surface area (Å²) in [5.74, 6) is 0.843. The Morgan fingerprint density at radius 1 is 1.37 bits per heavy atom. The van der Waals surface area contributed by atoms with Crippen LogP contribution in [0.25, 0.3) is 0 Å². The Hall–Kier alpha value is -0.990. The minimum absolute atomic E-state index is 0.200. The highest BCUT2D eigenvalue weighted by Gasteiger charge is 2.45. The molecule has 0 bridgehead atoms. The van der Waals surface area contributed by atoms with Gasteiger partial charge in [0.1, 0.15) is 11.4 Å². The van der Waals surface area contributed by atoms with E-state index in [0.717, 1.165) is 25.7 Å². The first kappa shape index (κ1) is 14.4. The first-order valence-electron chi connectivity index (χ1n) is 7.64. The summed E-state index contributed by atoms with van der Waals surface area (Å²) in [5.41, 5.74) is -0.444. The highest BCUT2D eigenvalue weighted by molar-refractivity contribution is 5.83. The molecule has 0 spiro atoms. The topological polar surface area (TPSA) is 46.5 Å². The van der Waals surface area contributed by atoms with E-state index in [1.54, 1.807) is 0 Å². The zero-order chi connectivity index (χ0) is 13.9. The van der Waals surface area contributed by atoms with Gasteiger partial charge >= 0.3 is 5.97 Å². The van der Waals surface area contributed by atoms with Gasteiger partial charge in [-0.05, 0) is 37.5 Å². The summed E-state index contributed by atoms with van der Waals surface area (Å²) in [4.78, 5) is 11.7. The van der Waals surface area contributed by atoms with Crippen molar-refractivity contribution in [2.75, 3.05) is 0 Å². The van der Waals surface area contributed by atoms with Crippen molar-refractivity contribution in [3.8, 4) is 0 Å². The lowest BCUT2D eigenvalue weighted by Gasteiger charge is -2.43. The molecule has 19 heavy (non-hydrogen) atoms. The molecule has 0 aromatic rings. The van der Waals surface area contributed by atoms with Crippen LogP contribution in [0.4, 0.5) is 0 Å². The zero-order valence-corrected chi connectivity index (χ0v) is 12.2. The quantitative estimate of drug-likeness (QED) is 0.778. The highest BCUT2D eigenvalue weighted by Crippen LogP contribution is 2.44. The van der Waals surface area contributed by atoms with Crippen molar-refractivity contribution < 1.29 is 14.6 Å². The van der Waals surface area contributed by atoms with Gasteiger partial charge in [0, 0.05) is 6.42 Å². The van der Waals surface area contributed by atoms with Gasteiger partial charge in [-0.3, -0.25) is 0 Å². The first-order chi connectivity index (χ1) is 9.02. The number of ether oxygens (including phenoxy) is 1. The molecule has 3 nitrogen and oxygen atoms in total. The van der Waals surface area contributed by atoms with Gasteiger partial charge in [-0.15, -0.1) is 0 Å². The van der Waals surface area contributed by atoms with Gasteiger partial charge in [0.05, 0.1) is 6.08 Å². The van der Waals surface area contributed by atoms with E-state index in [9.17, 15) is 9.90 Å². The summed E-state index contributed by atoms with van der Waals surface area (Å²) < 4.78 is 5.76. The predicted octanol–water partition coefficient (Wildman–Crippen LogP) is 4.13. The lowest BCUT2D eigenvalue weighted by Crippen LogP contribution is -2.46. The maximum Gasteiger partial charge on any atom is 0.334 e. The number of rotatable bonds is 4. The van der Waals surface area contributed by atoms with E-state index in [0.29, 0.717) is 18.3 Å². The number of cyclic esters (lactones) is 1. The Bertz CT molecular complexity index is 353. The summed E-state index contributed by atoms with van der Waals surface area (Å²) in [6.45, 7) is 4.38. The molecule has 1 saturated carbocycles. The van der Waals surface area contributed by atoms with Gasteiger partial charge in [0.2, 0.25) is 0 Å². The number of carbonyl (C=O) groups excluding carboxylic acids is 1. The third-order valence-electron chi connectivity index (χ3n) is 4.56. The second-order valence-electron chi connectivity index (χ2n) is 6.57. The van der Waals surface area contributed by atoms with Crippen molar-refractivity contribution in [2.45, 2.75) is 70.8 Å². The molecule has 0 radical (unpaired) electrons. The van der Waals surface area contributed by atoms with Gasteiger partial charge < -0.3 is 9.84 Å². The van der Waals surface area contributed by atoms with E-state index >= 15 is 0 Å². The maximum atomic E-state index is 11.7. The summed E-state index contributed by atoms with van der Waals surface area (Å²) in [6.07, 6.45) is 9.62. The molecule has 1 aliphatic heterocycles. The van der Waals surface area contributed by atoms with Crippen LogP contribution in [-0.4, -0.2) is 16.7 Å². The van der Waals surface area contributed by atoms with E-state index in [2.05, 4.69) is 13.8 Å². The molecule has 3 heteroatoms. The van der Waals surface area contributed by atoms with Crippen molar-refractivity contribution in [3.63, 3.8) is 0 Å². The lowest BCUT2D eigenvalue weighted by atomic mass is 9.71. The van der Waals surface area contributed by atoms with E-state index < -0.39 is 5.60 Å². The number of aliphatic hydroxyl groups is 1. The fourth-order valence-corrected chi connectivity index (χ4v) is 3.49. The van der Waals surface area contributed by atoms with Crippen LogP contribution in [0.2, 0.25) is 0 Å². The van der Waals surface area contributed by atoms with Crippen molar-refractivity contribution in [2.24, 2.45) is 11.8 Å². The second kappa shape index (κ2) is 5.98. The largest absolute Gasteiger partial charge is 0.512 e. The molecular weight excluding hydrogens is 240 g/mol. The minimum atomic E-state index is -0.444. The average Bonchev–Trinajstić information content (AvgIpc) is 2.36. The molecule has 2 aliphatic rings. The number of hydrogen-bond donors (Lipinski definition) is 1. The molecule has 1 aliphatic carbocycles. The predicted molar refractivity (Wildman–Crippen MR) is 74.8 cm³/mol. The Balaban J connectivity index is 2.16. The van der Waals surface area contributed by atoms with Crippen LogP contribution in [0.5, 0.6) is 0 Å². The second-order valence-corrected chi connectivity index (χ2v) is 6.57. The molecule has 1 unspecified atom stereocenters. The Labute approximate surface area is 116 Å². The van der Waals surface area contributed by atoms with Crippen molar-refractivity contribution >= 4 is 5.97 Å². The van der Waals surface area contributed by atoms with Gasteiger partial charge in [-0.25, -0.2) is 4.79 Å². The molecule has 1 N–H and O–H groups in total. The molecule has 1 atom stereocenters.